The van der Waals surface area contributed by atoms with E-state index in [0.717, 1.165) is 49.3 Å². The van der Waals surface area contributed by atoms with Crippen LogP contribution in [0.15, 0.2) is 4.52 Å². The van der Waals surface area contributed by atoms with E-state index in [1.165, 1.54) is 0 Å². The highest BCUT2D eigenvalue weighted by atomic mass is 16.5. The number of ether oxygens (including phenoxy) is 1. The molecule has 2 amide bonds. The van der Waals surface area contributed by atoms with E-state index in [0.29, 0.717) is 13.1 Å². The molecule has 0 aliphatic carbocycles. The van der Waals surface area contributed by atoms with Crippen molar-refractivity contribution in [3.05, 3.63) is 17.0 Å². The highest BCUT2D eigenvalue weighted by Gasteiger charge is 2.19. The molecule has 21 heavy (non-hydrogen) atoms. The summed E-state index contributed by atoms with van der Waals surface area (Å²) in [6, 6.07) is -0.0377. The predicted octanol–water partition coefficient (Wildman–Crippen LogP) is 2.04. The zero-order valence-corrected chi connectivity index (χ0v) is 13.1. The summed E-state index contributed by atoms with van der Waals surface area (Å²) in [4.78, 5) is 13.7. The van der Waals surface area contributed by atoms with Crippen molar-refractivity contribution < 1.29 is 14.1 Å². The zero-order chi connectivity index (χ0) is 15.2. The third kappa shape index (κ3) is 4.46. The van der Waals surface area contributed by atoms with Crippen LogP contribution < -0.4 is 5.32 Å². The van der Waals surface area contributed by atoms with E-state index in [-0.39, 0.29) is 12.1 Å². The van der Waals surface area contributed by atoms with Gasteiger partial charge in [0.2, 0.25) is 0 Å². The van der Waals surface area contributed by atoms with Gasteiger partial charge in [0.1, 0.15) is 5.76 Å². The number of hydrogen-bond acceptors (Lipinski definition) is 4. The maximum Gasteiger partial charge on any atom is 0.317 e. The second kappa shape index (κ2) is 7.45. The molecule has 1 aliphatic rings. The number of urea groups is 1. The van der Waals surface area contributed by atoms with Crippen LogP contribution in [-0.4, -0.2) is 48.9 Å². The van der Waals surface area contributed by atoms with E-state index in [2.05, 4.69) is 10.5 Å². The molecule has 0 bridgehead atoms. The van der Waals surface area contributed by atoms with E-state index in [9.17, 15) is 4.79 Å². The van der Waals surface area contributed by atoms with Gasteiger partial charge in [0.25, 0.3) is 0 Å². The number of aryl methyl sites for hydroxylation is 2. The van der Waals surface area contributed by atoms with Crippen molar-refractivity contribution in [1.29, 1.82) is 0 Å². The van der Waals surface area contributed by atoms with Crippen LogP contribution in [-0.2, 0) is 11.2 Å². The number of nitrogens with one attached hydrogen (secondary N) is 1. The lowest BCUT2D eigenvalue weighted by Gasteiger charge is -2.21. The molecule has 6 heteroatoms. The molecule has 1 fully saturated rings. The zero-order valence-electron chi connectivity index (χ0n) is 13.1. The second-order valence-electron chi connectivity index (χ2n) is 5.65. The first kappa shape index (κ1) is 15.8. The van der Waals surface area contributed by atoms with Crippen LogP contribution in [0.5, 0.6) is 0 Å². The van der Waals surface area contributed by atoms with E-state index in [1.54, 1.807) is 4.90 Å². The summed E-state index contributed by atoms with van der Waals surface area (Å²) < 4.78 is 10.7. The van der Waals surface area contributed by atoms with Crippen molar-refractivity contribution in [2.45, 2.75) is 45.6 Å². The Morgan fingerprint density at radius 3 is 2.90 bits per heavy atom. The summed E-state index contributed by atoms with van der Waals surface area (Å²) in [5, 5.41) is 6.87. The molecule has 1 aromatic rings. The standard InChI is InChI=1S/C15H25N3O3/c1-11-14(12(2)21-17-11)7-4-8-16-15(19)18(3)10-13-6-5-9-20-13/h13H,4-10H2,1-3H3,(H,16,19)/t13-/m1/s1. The minimum absolute atomic E-state index is 0.0377. The fourth-order valence-corrected chi connectivity index (χ4v) is 2.63. The molecule has 1 saturated heterocycles. The Morgan fingerprint density at radius 2 is 2.29 bits per heavy atom. The number of rotatable bonds is 6. The van der Waals surface area contributed by atoms with Gasteiger partial charge in [-0.3, -0.25) is 0 Å². The van der Waals surface area contributed by atoms with Crippen LogP contribution in [0.25, 0.3) is 0 Å². The average molecular weight is 295 g/mol. The highest BCUT2D eigenvalue weighted by Crippen LogP contribution is 2.14. The highest BCUT2D eigenvalue weighted by molar-refractivity contribution is 5.73. The number of aromatic nitrogens is 1. The van der Waals surface area contributed by atoms with Gasteiger partial charge in [0.15, 0.2) is 0 Å². The molecule has 0 radical (unpaired) electrons. The predicted molar refractivity (Wildman–Crippen MR) is 79.3 cm³/mol. The molecule has 0 aromatic carbocycles. The Balaban J connectivity index is 1.64. The first-order valence-corrected chi connectivity index (χ1v) is 7.60. The maximum absolute atomic E-state index is 12.0. The number of amides is 2. The van der Waals surface area contributed by atoms with Gasteiger partial charge in [0, 0.05) is 32.3 Å². The molecule has 6 nitrogen and oxygen atoms in total. The maximum atomic E-state index is 12.0. The molecular formula is C15H25N3O3. The lowest BCUT2D eigenvalue weighted by atomic mass is 10.1. The van der Waals surface area contributed by atoms with E-state index < -0.39 is 0 Å². The Hall–Kier alpha value is -1.56. The number of likely N-dealkylation sites (N-methyl/N-ethyl adjacent to an activating group) is 1. The average Bonchev–Trinajstić information content (AvgIpc) is 3.07. The van der Waals surface area contributed by atoms with Crippen molar-refractivity contribution in [3.63, 3.8) is 0 Å². The molecule has 1 aliphatic heterocycles. The fourth-order valence-electron chi connectivity index (χ4n) is 2.63. The van der Waals surface area contributed by atoms with Gasteiger partial charge in [-0.1, -0.05) is 5.16 Å². The van der Waals surface area contributed by atoms with Gasteiger partial charge < -0.3 is 19.5 Å². The number of carbonyl (C=O) groups excluding carboxylic acids is 1. The molecule has 0 unspecified atom stereocenters. The summed E-state index contributed by atoms with van der Waals surface area (Å²) in [7, 11) is 1.81. The number of carbonyl (C=O) groups is 1. The Morgan fingerprint density at radius 1 is 1.48 bits per heavy atom. The van der Waals surface area contributed by atoms with Gasteiger partial charge in [-0.25, -0.2) is 4.79 Å². The minimum atomic E-state index is -0.0377. The van der Waals surface area contributed by atoms with Gasteiger partial charge >= 0.3 is 6.03 Å². The smallest absolute Gasteiger partial charge is 0.317 e. The first-order chi connectivity index (χ1) is 10.1. The van der Waals surface area contributed by atoms with Gasteiger partial charge in [-0.05, 0) is 39.5 Å². The Bertz CT molecular complexity index is 447. The van der Waals surface area contributed by atoms with E-state index in [4.69, 9.17) is 9.26 Å². The third-order valence-corrected chi connectivity index (χ3v) is 3.91. The van der Waals surface area contributed by atoms with Gasteiger partial charge in [0.05, 0.1) is 11.8 Å². The quantitative estimate of drug-likeness (QED) is 0.816. The second-order valence-corrected chi connectivity index (χ2v) is 5.65. The lowest BCUT2D eigenvalue weighted by Crippen LogP contribution is -2.41. The molecule has 0 spiro atoms. The normalized spacial score (nSPS) is 18.0. The van der Waals surface area contributed by atoms with Crippen molar-refractivity contribution in [2.24, 2.45) is 0 Å². The summed E-state index contributed by atoms with van der Waals surface area (Å²) in [5.74, 6) is 0.870. The Kier molecular flexibility index (Phi) is 5.61. The molecular weight excluding hydrogens is 270 g/mol. The Labute approximate surface area is 125 Å². The molecule has 1 N–H and O–H groups in total. The molecule has 118 valence electrons. The summed E-state index contributed by atoms with van der Waals surface area (Å²) >= 11 is 0. The molecule has 2 rings (SSSR count). The van der Waals surface area contributed by atoms with Crippen LogP contribution in [0.4, 0.5) is 4.79 Å². The third-order valence-electron chi connectivity index (χ3n) is 3.91. The number of nitrogens with zero attached hydrogens (tertiary/aromatic N) is 2. The molecule has 1 aromatic heterocycles. The van der Waals surface area contributed by atoms with Crippen molar-refractivity contribution in [3.8, 4) is 0 Å². The summed E-state index contributed by atoms with van der Waals surface area (Å²) in [5.41, 5.74) is 2.09. The minimum Gasteiger partial charge on any atom is -0.376 e. The van der Waals surface area contributed by atoms with E-state index in [1.807, 2.05) is 20.9 Å². The SMILES string of the molecule is Cc1noc(C)c1CCCNC(=O)N(C)C[C@H]1CCCO1. The van der Waals surface area contributed by atoms with Crippen molar-refractivity contribution in [2.75, 3.05) is 26.7 Å². The molecule has 0 saturated carbocycles. The van der Waals surface area contributed by atoms with Crippen LogP contribution >= 0.6 is 0 Å². The lowest BCUT2D eigenvalue weighted by molar-refractivity contribution is 0.0875. The topological polar surface area (TPSA) is 67.6 Å². The largest absolute Gasteiger partial charge is 0.376 e. The fraction of sp³-hybridized carbons (Fsp3) is 0.733. The molecule has 1 atom stereocenters. The summed E-state index contributed by atoms with van der Waals surface area (Å²) in [6.45, 7) is 6.00. The van der Waals surface area contributed by atoms with Crippen LogP contribution in [0.2, 0.25) is 0 Å². The summed E-state index contributed by atoms with van der Waals surface area (Å²) in [6.07, 6.45) is 4.09. The molecule has 2 heterocycles. The van der Waals surface area contributed by atoms with Crippen molar-refractivity contribution >= 4 is 6.03 Å². The van der Waals surface area contributed by atoms with Crippen LogP contribution in [0.1, 0.15) is 36.3 Å². The monoisotopic (exact) mass is 295 g/mol. The van der Waals surface area contributed by atoms with Gasteiger partial charge in [-0.15, -0.1) is 0 Å². The van der Waals surface area contributed by atoms with Crippen molar-refractivity contribution in [1.82, 2.24) is 15.4 Å². The van der Waals surface area contributed by atoms with Gasteiger partial charge in [-0.2, -0.15) is 0 Å². The number of hydrogen-bond donors (Lipinski definition) is 1. The van der Waals surface area contributed by atoms with Crippen LogP contribution in [0.3, 0.4) is 0 Å². The first-order valence-electron chi connectivity index (χ1n) is 7.60. The van der Waals surface area contributed by atoms with E-state index >= 15 is 0 Å². The van der Waals surface area contributed by atoms with Crippen LogP contribution in [0, 0.1) is 13.8 Å².